The first kappa shape index (κ1) is 9.98. The fraction of sp³-hybridized carbons (Fsp3) is 0.100. The molecule has 1 aliphatic heterocycles. The maximum Gasteiger partial charge on any atom is 0.264 e. The zero-order chi connectivity index (χ0) is 11.5. The van der Waals surface area contributed by atoms with Crippen molar-refractivity contribution in [2.75, 3.05) is 11.9 Å². The van der Waals surface area contributed by atoms with Crippen molar-refractivity contribution in [3.8, 4) is 11.9 Å². The van der Waals surface area contributed by atoms with Gasteiger partial charge >= 0.3 is 0 Å². The van der Waals surface area contributed by atoms with E-state index in [1.807, 2.05) is 5.32 Å². The van der Waals surface area contributed by atoms with Gasteiger partial charge in [0.1, 0.15) is 5.75 Å². The van der Waals surface area contributed by atoms with Gasteiger partial charge in [-0.15, -0.1) is 0 Å². The van der Waals surface area contributed by atoms with E-state index in [2.05, 4.69) is 5.32 Å². The van der Waals surface area contributed by atoms with Gasteiger partial charge in [-0.1, -0.05) is 0 Å². The van der Waals surface area contributed by atoms with Crippen molar-refractivity contribution in [3.05, 3.63) is 23.8 Å². The second-order valence-electron chi connectivity index (χ2n) is 3.11. The van der Waals surface area contributed by atoms with Crippen LogP contribution in [0.4, 0.5) is 5.69 Å². The summed E-state index contributed by atoms with van der Waals surface area (Å²) in [5.41, 5.74) is 0.821. The van der Waals surface area contributed by atoms with E-state index in [-0.39, 0.29) is 12.5 Å². The zero-order valence-electron chi connectivity index (χ0n) is 8.11. The van der Waals surface area contributed by atoms with E-state index in [0.717, 1.165) is 0 Å². The normalized spacial score (nSPS) is 12.8. The van der Waals surface area contributed by atoms with Gasteiger partial charge in [0, 0.05) is 5.56 Å². The number of carbonyl (C=O) groups excluding carboxylic acids is 2. The van der Waals surface area contributed by atoms with E-state index in [9.17, 15) is 9.59 Å². The van der Waals surface area contributed by atoms with Crippen LogP contribution in [0.3, 0.4) is 0 Å². The molecule has 0 spiro atoms. The molecular weight excluding hydrogens is 210 g/mol. The second-order valence-corrected chi connectivity index (χ2v) is 3.11. The smallest absolute Gasteiger partial charge is 0.264 e. The van der Waals surface area contributed by atoms with Crippen LogP contribution in [0.2, 0.25) is 0 Å². The molecule has 16 heavy (non-hydrogen) atoms. The third-order valence-corrected chi connectivity index (χ3v) is 2.05. The van der Waals surface area contributed by atoms with Crippen LogP contribution < -0.4 is 15.4 Å². The number of amides is 2. The van der Waals surface area contributed by atoms with Gasteiger partial charge in [-0.3, -0.25) is 14.9 Å². The number of hydrogen-bond donors (Lipinski definition) is 2. The largest absolute Gasteiger partial charge is 0.482 e. The van der Waals surface area contributed by atoms with Gasteiger partial charge < -0.3 is 10.1 Å². The number of benzene rings is 1. The van der Waals surface area contributed by atoms with E-state index in [0.29, 0.717) is 17.0 Å². The Morgan fingerprint density at radius 3 is 3.12 bits per heavy atom. The molecule has 6 nitrogen and oxygen atoms in total. The summed E-state index contributed by atoms with van der Waals surface area (Å²) in [5, 5.41) is 12.9. The third-order valence-electron chi connectivity index (χ3n) is 2.05. The highest BCUT2D eigenvalue weighted by molar-refractivity contribution is 5.99. The molecule has 2 rings (SSSR count). The van der Waals surface area contributed by atoms with Gasteiger partial charge in [0.15, 0.2) is 12.8 Å². The standard InChI is InChI=1S/C10H7N3O3/c11-5-12-10(15)6-1-2-7-8(3-6)16-4-9(14)13-7/h1-3H,4H2,(H,12,15)(H,13,14). The molecule has 2 N–H and O–H groups in total. The quantitative estimate of drug-likeness (QED) is 0.520. The fourth-order valence-corrected chi connectivity index (χ4v) is 1.34. The van der Waals surface area contributed by atoms with Crippen molar-refractivity contribution in [3.63, 3.8) is 0 Å². The Bertz CT molecular complexity index is 505. The lowest BCUT2D eigenvalue weighted by Gasteiger charge is -2.17. The SMILES string of the molecule is N#CNC(=O)c1ccc2c(c1)OCC(=O)N2. The van der Waals surface area contributed by atoms with E-state index in [4.69, 9.17) is 10.00 Å². The molecular formula is C10H7N3O3. The Labute approximate surface area is 90.8 Å². The molecule has 0 saturated carbocycles. The summed E-state index contributed by atoms with van der Waals surface area (Å²) in [4.78, 5) is 22.3. The molecule has 1 aromatic carbocycles. The minimum Gasteiger partial charge on any atom is -0.482 e. The van der Waals surface area contributed by atoms with Gasteiger partial charge in [-0.2, -0.15) is 5.26 Å². The second kappa shape index (κ2) is 3.90. The first-order valence-corrected chi connectivity index (χ1v) is 4.47. The Kier molecular flexibility index (Phi) is 2.44. The molecule has 0 bridgehead atoms. The number of hydrogen-bond acceptors (Lipinski definition) is 4. The molecule has 0 atom stereocenters. The van der Waals surface area contributed by atoms with Crippen LogP contribution in [-0.2, 0) is 4.79 Å². The van der Waals surface area contributed by atoms with Gasteiger partial charge in [-0.05, 0) is 18.2 Å². The fourth-order valence-electron chi connectivity index (χ4n) is 1.34. The van der Waals surface area contributed by atoms with E-state index < -0.39 is 5.91 Å². The Hall–Kier alpha value is -2.55. The summed E-state index contributed by atoms with van der Waals surface area (Å²) < 4.78 is 5.13. The molecule has 0 fully saturated rings. The first-order chi connectivity index (χ1) is 7.70. The van der Waals surface area contributed by atoms with Crippen molar-refractivity contribution in [1.82, 2.24) is 5.32 Å². The summed E-state index contributed by atoms with van der Waals surface area (Å²) in [6.07, 6.45) is 1.54. The molecule has 0 aromatic heterocycles. The van der Waals surface area contributed by atoms with E-state index in [1.165, 1.54) is 12.1 Å². The van der Waals surface area contributed by atoms with Crippen molar-refractivity contribution < 1.29 is 14.3 Å². The van der Waals surface area contributed by atoms with Gasteiger partial charge in [0.05, 0.1) is 5.69 Å². The van der Waals surface area contributed by atoms with E-state index >= 15 is 0 Å². The minimum atomic E-state index is -0.509. The van der Waals surface area contributed by atoms with Gasteiger partial charge in [-0.25, -0.2) is 0 Å². The maximum absolute atomic E-state index is 11.3. The van der Waals surface area contributed by atoms with Crippen molar-refractivity contribution in [2.24, 2.45) is 0 Å². The lowest BCUT2D eigenvalue weighted by Crippen LogP contribution is -2.26. The average Bonchev–Trinajstić information content (AvgIpc) is 2.28. The molecule has 1 heterocycles. The van der Waals surface area contributed by atoms with Crippen LogP contribution in [0.5, 0.6) is 5.75 Å². The highest BCUT2D eigenvalue weighted by Crippen LogP contribution is 2.28. The summed E-state index contributed by atoms with van der Waals surface area (Å²) in [6.45, 7) is -0.0731. The summed E-state index contributed by atoms with van der Waals surface area (Å²) in [6, 6.07) is 4.53. The predicted octanol–water partition coefficient (Wildman–Crippen LogP) is 0.228. The lowest BCUT2D eigenvalue weighted by atomic mass is 10.1. The summed E-state index contributed by atoms with van der Waals surface area (Å²) in [7, 11) is 0. The van der Waals surface area contributed by atoms with E-state index in [1.54, 1.807) is 12.3 Å². The topological polar surface area (TPSA) is 91.2 Å². The van der Waals surface area contributed by atoms with Gasteiger partial charge in [0.25, 0.3) is 11.8 Å². The number of carbonyl (C=O) groups is 2. The number of rotatable bonds is 1. The Morgan fingerprint density at radius 1 is 1.56 bits per heavy atom. The third kappa shape index (κ3) is 1.79. The highest BCUT2D eigenvalue weighted by Gasteiger charge is 2.17. The van der Waals surface area contributed by atoms with Crippen LogP contribution in [0, 0.1) is 11.5 Å². The maximum atomic E-state index is 11.3. The summed E-state index contributed by atoms with van der Waals surface area (Å²) in [5.74, 6) is -0.322. The van der Waals surface area contributed by atoms with Gasteiger partial charge in [0.2, 0.25) is 0 Å². The van der Waals surface area contributed by atoms with Crippen LogP contribution in [0.1, 0.15) is 10.4 Å². The van der Waals surface area contributed by atoms with Crippen molar-refractivity contribution in [2.45, 2.75) is 0 Å². The molecule has 0 saturated heterocycles. The highest BCUT2D eigenvalue weighted by atomic mass is 16.5. The monoisotopic (exact) mass is 217 g/mol. The molecule has 80 valence electrons. The summed E-state index contributed by atoms with van der Waals surface area (Å²) >= 11 is 0. The molecule has 0 radical (unpaired) electrons. The number of fused-ring (bicyclic) bond motifs is 1. The Balaban J connectivity index is 2.30. The van der Waals surface area contributed by atoms with Crippen LogP contribution in [0.25, 0.3) is 0 Å². The Morgan fingerprint density at radius 2 is 2.38 bits per heavy atom. The minimum absolute atomic E-state index is 0.0731. The predicted molar refractivity (Wildman–Crippen MR) is 53.6 cm³/mol. The van der Waals surface area contributed by atoms with Crippen molar-refractivity contribution >= 4 is 17.5 Å². The molecule has 1 aromatic rings. The first-order valence-electron chi connectivity index (χ1n) is 4.47. The van der Waals surface area contributed by atoms with Crippen LogP contribution in [-0.4, -0.2) is 18.4 Å². The lowest BCUT2D eigenvalue weighted by molar-refractivity contribution is -0.118. The van der Waals surface area contributed by atoms with Crippen LogP contribution >= 0.6 is 0 Å². The number of anilines is 1. The molecule has 1 aliphatic rings. The molecule has 0 aliphatic carbocycles. The molecule has 0 unspecified atom stereocenters. The number of nitrogens with one attached hydrogen (secondary N) is 2. The van der Waals surface area contributed by atoms with Crippen LogP contribution in [0.15, 0.2) is 18.2 Å². The number of nitriles is 1. The van der Waals surface area contributed by atoms with Crippen molar-refractivity contribution in [1.29, 1.82) is 5.26 Å². The number of nitrogens with zero attached hydrogens (tertiary/aromatic N) is 1. The average molecular weight is 217 g/mol. The zero-order valence-corrected chi connectivity index (χ0v) is 8.11. The molecule has 2 amide bonds. The number of ether oxygens (including phenoxy) is 1. The molecule has 6 heteroatoms.